The number of aromatic nitrogens is 2. The number of fused-ring (bicyclic) bond motifs is 1. The second-order valence-electron chi connectivity index (χ2n) is 5.91. The number of carbonyl (C=O) groups excluding carboxylic acids is 1. The Morgan fingerprint density at radius 3 is 2.92 bits per heavy atom. The van der Waals surface area contributed by atoms with Crippen molar-refractivity contribution < 1.29 is 9.53 Å². The SMILES string of the molecule is CCNC(=O)NC1N=c2nc(-c3ccc(Cl)cc3OC)cnc2=CC1C. The van der Waals surface area contributed by atoms with E-state index in [4.69, 9.17) is 16.3 Å². The zero-order valence-corrected chi connectivity index (χ0v) is 15.5. The number of methoxy groups -OCH3 is 1. The van der Waals surface area contributed by atoms with E-state index in [-0.39, 0.29) is 11.9 Å². The molecule has 1 aliphatic rings. The highest BCUT2D eigenvalue weighted by molar-refractivity contribution is 6.30. The van der Waals surface area contributed by atoms with Gasteiger partial charge in [0.2, 0.25) is 0 Å². The summed E-state index contributed by atoms with van der Waals surface area (Å²) >= 11 is 6.02. The van der Waals surface area contributed by atoms with Crippen LogP contribution in [-0.2, 0) is 0 Å². The molecule has 0 spiro atoms. The van der Waals surface area contributed by atoms with Crippen LogP contribution < -0.4 is 26.2 Å². The molecule has 136 valence electrons. The fourth-order valence-electron chi connectivity index (χ4n) is 2.71. The first-order valence-electron chi connectivity index (χ1n) is 8.33. The van der Waals surface area contributed by atoms with Crippen molar-refractivity contribution in [2.75, 3.05) is 13.7 Å². The van der Waals surface area contributed by atoms with Crippen LogP contribution in [0.1, 0.15) is 13.8 Å². The summed E-state index contributed by atoms with van der Waals surface area (Å²) in [5.74, 6) is 0.618. The molecule has 2 atom stereocenters. The molecule has 0 saturated heterocycles. The number of hydrogen-bond acceptors (Lipinski definition) is 5. The predicted molar refractivity (Wildman–Crippen MR) is 99.4 cm³/mol. The van der Waals surface area contributed by atoms with Crippen LogP contribution in [0.5, 0.6) is 5.75 Å². The summed E-state index contributed by atoms with van der Waals surface area (Å²) in [5.41, 5.74) is 1.88. The number of benzene rings is 1. The summed E-state index contributed by atoms with van der Waals surface area (Å²) in [6.45, 7) is 4.38. The van der Waals surface area contributed by atoms with Crippen LogP contribution in [0.3, 0.4) is 0 Å². The van der Waals surface area contributed by atoms with Gasteiger partial charge in [-0.3, -0.25) is 4.98 Å². The molecule has 2 unspecified atom stereocenters. The Kier molecular flexibility index (Phi) is 5.37. The average Bonchev–Trinajstić information content (AvgIpc) is 2.62. The average molecular weight is 374 g/mol. The fraction of sp³-hybridized carbons (Fsp3) is 0.333. The molecular formula is C18H20ClN5O2. The summed E-state index contributed by atoms with van der Waals surface area (Å²) in [4.78, 5) is 25.4. The van der Waals surface area contributed by atoms with Gasteiger partial charge in [-0.05, 0) is 31.2 Å². The maximum absolute atomic E-state index is 11.8. The Bertz CT molecular complexity index is 947. The van der Waals surface area contributed by atoms with Crippen molar-refractivity contribution in [3.05, 3.63) is 40.3 Å². The van der Waals surface area contributed by atoms with E-state index in [1.165, 1.54) is 0 Å². The lowest BCUT2D eigenvalue weighted by Gasteiger charge is -2.21. The van der Waals surface area contributed by atoms with Crippen molar-refractivity contribution in [3.63, 3.8) is 0 Å². The number of nitrogens with zero attached hydrogens (tertiary/aromatic N) is 3. The highest BCUT2D eigenvalue weighted by atomic mass is 35.5. The summed E-state index contributed by atoms with van der Waals surface area (Å²) < 4.78 is 5.39. The molecule has 1 aromatic heterocycles. The third kappa shape index (κ3) is 3.77. The number of carbonyl (C=O) groups is 1. The minimum absolute atomic E-state index is 0.00956. The molecule has 2 amide bonds. The molecule has 26 heavy (non-hydrogen) atoms. The first-order chi connectivity index (χ1) is 12.5. The summed E-state index contributed by atoms with van der Waals surface area (Å²) in [6, 6.07) is 5.07. The molecule has 0 radical (unpaired) electrons. The van der Waals surface area contributed by atoms with Crippen LogP contribution in [0.2, 0.25) is 5.02 Å². The number of hydrogen-bond donors (Lipinski definition) is 2. The van der Waals surface area contributed by atoms with Gasteiger partial charge in [-0.2, -0.15) is 0 Å². The molecule has 7 nitrogen and oxygen atoms in total. The van der Waals surface area contributed by atoms with Crippen LogP contribution in [0.4, 0.5) is 4.79 Å². The topological polar surface area (TPSA) is 88.5 Å². The molecule has 2 aromatic rings. The Morgan fingerprint density at radius 1 is 1.38 bits per heavy atom. The first-order valence-corrected chi connectivity index (χ1v) is 8.70. The van der Waals surface area contributed by atoms with E-state index >= 15 is 0 Å². The highest BCUT2D eigenvalue weighted by Crippen LogP contribution is 2.30. The van der Waals surface area contributed by atoms with Crippen molar-refractivity contribution in [3.8, 4) is 17.0 Å². The normalized spacial score (nSPS) is 18.2. The van der Waals surface area contributed by atoms with E-state index in [1.54, 1.807) is 25.4 Å². The van der Waals surface area contributed by atoms with E-state index in [1.807, 2.05) is 26.0 Å². The van der Waals surface area contributed by atoms with Gasteiger partial charge >= 0.3 is 6.03 Å². The van der Waals surface area contributed by atoms with Crippen molar-refractivity contribution >= 4 is 23.7 Å². The summed E-state index contributed by atoms with van der Waals surface area (Å²) in [6.07, 6.45) is 3.24. The predicted octanol–water partition coefficient (Wildman–Crippen LogP) is 1.50. The van der Waals surface area contributed by atoms with Gasteiger partial charge < -0.3 is 15.4 Å². The van der Waals surface area contributed by atoms with Gasteiger partial charge in [0.05, 0.1) is 19.0 Å². The van der Waals surface area contributed by atoms with Crippen LogP contribution >= 0.6 is 11.6 Å². The lowest BCUT2D eigenvalue weighted by atomic mass is 10.1. The van der Waals surface area contributed by atoms with E-state index in [0.29, 0.717) is 33.8 Å². The molecule has 2 heterocycles. The monoisotopic (exact) mass is 373 g/mol. The Labute approximate surface area is 156 Å². The van der Waals surface area contributed by atoms with E-state index in [2.05, 4.69) is 25.6 Å². The lowest BCUT2D eigenvalue weighted by molar-refractivity contribution is 0.235. The highest BCUT2D eigenvalue weighted by Gasteiger charge is 2.20. The first kappa shape index (κ1) is 18.1. The van der Waals surface area contributed by atoms with Crippen LogP contribution in [-0.4, -0.2) is 35.8 Å². The Hall–Kier alpha value is -2.67. The van der Waals surface area contributed by atoms with Crippen LogP contribution in [0, 0.1) is 5.92 Å². The van der Waals surface area contributed by atoms with Gasteiger partial charge in [0.1, 0.15) is 17.3 Å². The molecule has 0 bridgehead atoms. The van der Waals surface area contributed by atoms with E-state index in [0.717, 1.165) is 5.56 Å². The standard InChI is InChI=1S/C18H20ClN5O2/c1-4-20-18(25)24-16-10(2)7-13-17(23-16)22-14(9-21-13)12-6-5-11(19)8-15(12)26-3/h5-10,16H,4H2,1-3H3,(H2,20,24,25). The molecule has 8 heteroatoms. The lowest BCUT2D eigenvalue weighted by Crippen LogP contribution is -2.49. The maximum atomic E-state index is 11.8. The molecule has 0 aliphatic carbocycles. The second kappa shape index (κ2) is 7.70. The number of urea groups is 1. The van der Waals surface area contributed by atoms with Crippen molar-refractivity contribution in [2.45, 2.75) is 20.0 Å². The van der Waals surface area contributed by atoms with Crippen molar-refractivity contribution in [1.82, 2.24) is 20.6 Å². The van der Waals surface area contributed by atoms with Gasteiger partial charge in [0.25, 0.3) is 0 Å². The molecular weight excluding hydrogens is 354 g/mol. The quantitative estimate of drug-likeness (QED) is 0.850. The second-order valence-corrected chi connectivity index (χ2v) is 6.35. The van der Waals surface area contributed by atoms with Gasteiger partial charge in [-0.1, -0.05) is 18.5 Å². The van der Waals surface area contributed by atoms with E-state index in [9.17, 15) is 4.79 Å². The largest absolute Gasteiger partial charge is 0.496 e. The molecule has 0 saturated carbocycles. The fourth-order valence-corrected chi connectivity index (χ4v) is 2.87. The van der Waals surface area contributed by atoms with Crippen molar-refractivity contribution in [1.29, 1.82) is 0 Å². The Morgan fingerprint density at radius 2 is 2.19 bits per heavy atom. The molecule has 0 fully saturated rings. The third-order valence-corrected chi connectivity index (χ3v) is 4.25. The zero-order chi connectivity index (χ0) is 18.7. The Balaban J connectivity index is 2.00. The van der Waals surface area contributed by atoms with Gasteiger partial charge in [0.15, 0.2) is 5.49 Å². The van der Waals surface area contributed by atoms with Gasteiger partial charge in [0, 0.05) is 23.0 Å². The molecule has 2 N–H and O–H groups in total. The van der Waals surface area contributed by atoms with Gasteiger partial charge in [-0.15, -0.1) is 0 Å². The third-order valence-electron chi connectivity index (χ3n) is 4.02. The molecule has 3 rings (SSSR count). The minimum atomic E-state index is -0.397. The number of amides is 2. The number of halogens is 1. The number of rotatable bonds is 4. The molecule has 1 aromatic carbocycles. The smallest absolute Gasteiger partial charge is 0.316 e. The molecule has 1 aliphatic heterocycles. The number of ether oxygens (including phenoxy) is 1. The van der Waals surface area contributed by atoms with Gasteiger partial charge in [-0.25, -0.2) is 14.8 Å². The number of nitrogens with one attached hydrogen (secondary N) is 2. The maximum Gasteiger partial charge on any atom is 0.316 e. The zero-order valence-electron chi connectivity index (χ0n) is 14.8. The van der Waals surface area contributed by atoms with Crippen LogP contribution in [0.25, 0.3) is 17.3 Å². The summed E-state index contributed by atoms with van der Waals surface area (Å²) in [7, 11) is 1.58. The summed E-state index contributed by atoms with van der Waals surface area (Å²) in [5, 5.41) is 6.82. The van der Waals surface area contributed by atoms with Crippen molar-refractivity contribution in [2.24, 2.45) is 10.9 Å². The minimum Gasteiger partial charge on any atom is -0.496 e. The van der Waals surface area contributed by atoms with E-state index < -0.39 is 6.17 Å². The van der Waals surface area contributed by atoms with Crippen LogP contribution in [0.15, 0.2) is 29.4 Å².